The Labute approximate surface area is 161 Å². The molecule has 3 atom stereocenters. The van der Waals surface area contributed by atoms with E-state index in [0.717, 1.165) is 30.6 Å². The van der Waals surface area contributed by atoms with Crippen molar-refractivity contribution in [2.75, 3.05) is 13.2 Å². The van der Waals surface area contributed by atoms with E-state index in [9.17, 15) is 4.79 Å². The summed E-state index contributed by atoms with van der Waals surface area (Å²) in [6.07, 6.45) is 2.10. The number of carbonyl (C=O) groups is 1. The van der Waals surface area contributed by atoms with Crippen molar-refractivity contribution in [1.29, 1.82) is 0 Å². The van der Waals surface area contributed by atoms with Gasteiger partial charge in [0.25, 0.3) is 0 Å². The van der Waals surface area contributed by atoms with E-state index in [1.807, 2.05) is 49.4 Å². The topological polar surface area (TPSA) is 64.4 Å². The van der Waals surface area contributed by atoms with Gasteiger partial charge in [-0.2, -0.15) is 0 Å². The lowest BCUT2D eigenvalue weighted by molar-refractivity contribution is -0.123. The number of carbonyl (C=O) groups excluding carboxylic acids is 1. The van der Waals surface area contributed by atoms with Crippen LogP contribution in [0.1, 0.15) is 41.7 Å². The molecule has 1 amide bonds. The highest BCUT2D eigenvalue weighted by Crippen LogP contribution is 2.33. The Kier molecular flexibility index (Phi) is 7.64. The largest absolute Gasteiger partial charge is 0.373 e. The number of halogens is 1. The smallest absolute Gasteiger partial charge is 0.241 e. The molecular weight excluding hydrogens is 348 g/mol. The summed E-state index contributed by atoms with van der Waals surface area (Å²) < 4.78 is 5.98. The lowest BCUT2D eigenvalue weighted by Crippen LogP contribution is -2.39. The Balaban J connectivity index is 0.00000243. The molecule has 26 heavy (non-hydrogen) atoms. The van der Waals surface area contributed by atoms with Crippen molar-refractivity contribution in [3.63, 3.8) is 0 Å². The molecule has 0 aromatic heterocycles. The maximum Gasteiger partial charge on any atom is 0.241 e. The molecule has 4 nitrogen and oxygen atoms in total. The van der Waals surface area contributed by atoms with E-state index >= 15 is 0 Å². The number of rotatable bonds is 5. The van der Waals surface area contributed by atoms with Crippen molar-refractivity contribution in [2.45, 2.75) is 31.9 Å². The third-order valence-electron chi connectivity index (χ3n) is 4.83. The van der Waals surface area contributed by atoms with Crippen molar-refractivity contribution < 1.29 is 9.53 Å². The first-order chi connectivity index (χ1) is 12.1. The summed E-state index contributed by atoms with van der Waals surface area (Å²) in [4.78, 5) is 12.4. The van der Waals surface area contributed by atoms with Gasteiger partial charge in [0, 0.05) is 19.1 Å². The van der Waals surface area contributed by atoms with Crippen molar-refractivity contribution in [3.8, 4) is 0 Å². The van der Waals surface area contributed by atoms with Gasteiger partial charge in [0.2, 0.25) is 5.91 Å². The van der Waals surface area contributed by atoms with Gasteiger partial charge in [-0.3, -0.25) is 4.79 Å². The lowest BCUT2D eigenvalue weighted by Gasteiger charge is -2.32. The van der Waals surface area contributed by atoms with Crippen molar-refractivity contribution in [2.24, 2.45) is 11.7 Å². The molecular formula is C21H27ClN2O2. The first-order valence-corrected chi connectivity index (χ1v) is 8.91. The van der Waals surface area contributed by atoms with E-state index in [1.165, 1.54) is 5.56 Å². The second kappa shape index (κ2) is 9.72. The first-order valence-electron chi connectivity index (χ1n) is 8.91. The molecule has 3 unspecified atom stereocenters. The molecule has 0 bridgehead atoms. The summed E-state index contributed by atoms with van der Waals surface area (Å²) >= 11 is 0. The molecule has 3 rings (SSSR count). The number of amides is 1. The number of nitrogens with one attached hydrogen (secondary N) is 1. The minimum Gasteiger partial charge on any atom is -0.373 e. The van der Waals surface area contributed by atoms with Crippen LogP contribution in [0.2, 0.25) is 0 Å². The first kappa shape index (κ1) is 20.4. The molecule has 0 spiro atoms. The molecule has 0 radical (unpaired) electrons. The number of benzene rings is 2. The molecule has 140 valence electrons. The predicted octanol–water partition coefficient (Wildman–Crippen LogP) is 3.70. The summed E-state index contributed by atoms with van der Waals surface area (Å²) in [5, 5.41) is 3.02. The molecule has 0 aliphatic carbocycles. The van der Waals surface area contributed by atoms with E-state index in [4.69, 9.17) is 10.5 Å². The molecule has 1 saturated heterocycles. The monoisotopic (exact) mass is 374 g/mol. The van der Waals surface area contributed by atoms with Gasteiger partial charge in [-0.25, -0.2) is 0 Å². The number of ether oxygens (including phenoxy) is 1. The van der Waals surface area contributed by atoms with Crippen LogP contribution in [0.5, 0.6) is 0 Å². The van der Waals surface area contributed by atoms with Crippen LogP contribution in [-0.2, 0) is 9.53 Å². The van der Waals surface area contributed by atoms with Gasteiger partial charge < -0.3 is 15.8 Å². The van der Waals surface area contributed by atoms with Crippen LogP contribution in [0.3, 0.4) is 0 Å². The van der Waals surface area contributed by atoms with Crippen LogP contribution in [0.4, 0.5) is 0 Å². The van der Waals surface area contributed by atoms with Crippen LogP contribution in [0.15, 0.2) is 54.6 Å². The molecule has 1 heterocycles. The standard InChI is InChI=1S/C21H26N2O2.ClH/c1-15-9-11-16(12-10-15)19(22)21(24)23-14-18-8-5-13-25-20(18)17-6-3-2-4-7-17;/h2-4,6-7,9-12,18-20H,5,8,13-14,22H2,1H3,(H,23,24);1H. The summed E-state index contributed by atoms with van der Waals surface area (Å²) in [7, 11) is 0. The van der Waals surface area contributed by atoms with Gasteiger partial charge in [0.05, 0.1) is 6.10 Å². The van der Waals surface area contributed by atoms with E-state index in [1.54, 1.807) is 0 Å². The average Bonchev–Trinajstić information content (AvgIpc) is 2.67. The zero-order chi connectivity index (χ0) is 17.6. The molecule has 0 saturated carbocycles. The summed E-state index contributed by atoms with van der Waals surface area (Å²) in [5.74, 6) is 0.131. The Morgan fingerprint density at radius 3 is 2.58 bits per heavy atom. The van der Waals surface area contributed by atoms with Gasteiger partial charge in [-0.1, -0.05) is 60.2 Å². The minimum absolute atomic E-state index is 0. The third-order valence-corrected chi connectivity index (χ3v) is 4.83. The maximum atomic E-state index is 12.4. The van der Waals surface area contributed by atoms with E-state index in [2.05, 4.69) is 17.4 Å². The van der Waals surface area contributed by atoms with E-state index in [-0.39, 0.29) is 30.3 Å². The van der Waals surface area contributed by atoms with E-state index in [0.29, 0.717) is 6.54 Å². The zero-order valence-electron chi connectivity index (χ0n) is 15.1. The highest BCUT2D eigenvalue weighted by molar-refractivity contribution is 5.85. The highest BCUT2D eigenvalue weighted by Gasteiger charge is 2.28. The normalized spacial score (nSPS) is 20.7. The quantitative estimate of drug-likeness (QED) is 0.838. The number of aryl methyl sites for hydroxylation is 1. The SMILES string of the molecule is Cc1ccc(C(N)C(=O)NCC2CCCOC2c2ccccc2)cc1.Cl. The molecule has 1 aliphatic heterocycles. The zero-order valence-corrected chi connectivity index (χ0v) is 15.9. The van der Waals surface area contributed by atoms with Gasteiger partial charge >= 0.3 is 0 Å². The van der Waals surface area contributed by atoms with Crippen LogP contribution in [0.25, 0.3) is 0 Å². The molecule has 1 aliphatic rings. The van der Waals surface area contributed by atoms with Crippen LogP contribution in [0, 0.1) is 12.8 Å². The van der Waals surface area contributed by atoms with Gasteiger partial charge in [0.15, 0.2) is 0 Å². The van der Waals surface area contributed by atoms with Crippen molar-refractivity contribution >= 4 is 18.3 Å². The Morgan fingerprint density at radius 1 is 1.19 bits per heavy atom. The molecule has 2 aromatic carbocycles. The lowest BCUT2D eigenvalue weighted by atomic mass is 9.89. The highest BCUT2D eigenvalue weighted by atomic mass is 35.5. The Morgan fingerprint density at radius 2 is 1.88 bits per heavy atom. The number of hydrogen-bond donors (Lipinski definition) is 2. The molecule has 5 heteroatoms. The minimum atomic E-state index is -0.639. The Hall–Kier alpha value is -1.88. The van der Waals surface area contributed by atoms with Crippen molar-refractivity contribution in [1.82, 2.24) is 5.32 Å². The fourth-order valence-corrected chi connectivity index (χ4v) is 3.33. The average molecular weight is 375 g/mol. The van der Waals surface area contributed by atoms with E-state index < -0.39 is 6.04 Å². The van der Waals surface area contributed by atoms with Crippen LogP contribution < -0.4 is 11.1 Å². The predicted molar refractivity (Wildman–Crippen MR) is 106 cm³/mol. The third kappa shape index (κ3) is 5.07. The number of hydrogen-bond acceptors (Lipinski definition) is 3. The van der Waals surface area contributed by atoms with Gasteiger partial charge in [-0.15, -0.1) is 12.4 Å². The maximum absolute atomic E-state index is 12.4. The summed E-state index contributed by atoms with van der Waals surface area (Å²) in [5.41, 5.74) is 9.27. The second-order valence-electron chi connectivity index (χ2n) is 6.74. The molecule has 2 aromatic rings. The molecule has 1 fully saturated rings. The summed E-state index contributed by atoms with van der Waals surface area (Å²) in [6, 6.07) is 17.4. The summed E-state index contributed by atoms with van der Waals surface area (Å²) in [6.45, 7) is 3.37. The fraction of sp³-hybridized carbons (Fsp3) is 0.381. The fourth-order valence-electron chi connectivity index (χ4n) is 3.33. The van der Waals surface area contributed by atoms with Crippen LogP contribution >= 0.6 is 12.4 Å². The van der Waals surface area contributed by atoms with Crippen molar-refractivity contribution in [3.05, 3.63) is 71.3 Å². The Bertz CT molecular complexity index is 691. The molecule has 3 N–H and O–H groups in total. The van der Waals surface area contributed by atoms with Gasteiger partial charge in [0.1, 0.15) is 6.04 Å². The second-order valence-corrected chi connectivity index (χ2v) is 6.74. The van der Waals surface area contributed by atoms with Crippen LogP contribution in [-0.4, -0.2) is 19.1 Å². The number of nitrogens with two attached hydrogens (primary N) is 1. The van der Waals surface area contributed by atoms with Gasteiger partial charge in [-0.05, 0) is 30.9 Å².